The van der Waals surface area contributed by atoms with E-state index in [1.54, 1.807) is 0 Å². The fourth-order valence-corrected chi connectivity index (χ4v) is 5.78. The highest BCUT2D eigenvalue weighted by molar-refractivity contribution is 7.89. The van der Waals surface area contributed by atoms with Crippen molar-refractivity contribution in [2.24, 2.45) is 5.92 Å². The molecule has 1 unspecified atom stereocenters. The van der Waals surface area contributed by atoms with Crippen LogP contribution in [-0.2, 0) is 25.8 Å². The predicted octanol–water partition coefficient (Wildman–Crippen LogP) is 3.23. The molecule has 1 amide bonds. The quantitative estimate of drug-likeness (QED) is 0.711. The van der Waals surface area contributed by atoms with Gasteiger partial charge in [0.15, 0.2) is 0 Å². The first-order valence-electron chi connectivity index (χ1n) is 9.83. The van der Waals surface area contributed by atoms with Crippen LogP contribution in [0.2, 0.25) is 5.02 Å². The van der Waals surface area contributed by atoms with Crippen LogP contribution in [0.4, 0.5) is 13.2 Å². The van der Waals surface area contributed by atoms with Crippen LogP contribution in [0.5, 0.6) is 0 Å². The Hall–Kier alpha value is -1.85. The van der Waals surface area contributed by atoms with Crippen molar-refractivity contribution in [3.63, 3.8) is 0 Å². The summed E-state index contributed by atoms with van der Waals surface area (Å²) in [5.74, 6) is -1.89. The van der Waals surface area contributed by atoms with Crippen molar-refractivity contribution in [3.8, 4) is 0 Å². The smallest absolute Gasteiger partial charge is 0.417 e. The number of carbonyl (C=O) groups excluding carboxylic acids is 1. The van der Waals surface area contributed by atoms with Crippen molar-refractivity contribution >= 4 is 33.5 Å². The molecule has 172 valence electrons. The fourth-order valence-electron chi connectivity index (χ4n) is 4.06. The van der Waals surface area contributed by atoms with Crippen LogP contribution in [0, 0.1) is 5.92 Å². The fraction of sp³-hybridized carbons (Fsp3) is 0.579. The summed E-state index contributed by atoms with van der Waals surface area (Å²) < 4.78 is 66.0. The Bertz CT molecular complexity index is 962. The van der Waals surface area contributed by atoms with Gasteiger partial charge in [0.2, 0.25) is 15.9 Å². The molecule has 2 saturated heterocycles. The van der Waals surface area contributed by atoms with E-state index < -0.39 is 49.6 Å². The number of benzene rings is 1. The molecule has 1 atom stereocenters. The van der Waals surface area contributed by atoms with Crippen molar-refractivity contribution in [1.29, 1.82) is 0 Å². The molecule has 31 heavy (non-hydrogen) atoms. The topological polar surface area (TPSA) is 95.0 Å². The van der Waals surface area contributed by atoms with E-state index in [2.05, 4.69) is 0 Å². The number of amides is 1. The number of nitrogens with zero attached hydrogens (tertiary/aromatic N) is 2. The Labute approximate surface area is 182 Å². The predicted molar refractivity (Wildman–Crippen MR) is 105 cm³/mol. The summed E-state index contributed by atoms with van der Waals surface area (Å²) in [6.07, 6.45) is -2.65. The van der Waals surface area contributed by atoms with Gasteiger partial charge in [0, 0.05) is 25.6 Å². The molecule has 1 N–H and O–H groups in total. The van der Waals surface area contributed by atoms with E-state index in [-0.39, 0.29) is 31.8 Å². The van der Waals surface area contributed by atoms with Gasteiger partial charge in [-0.3, -0.25) is 4.79 Å². The van der Waals surface area contributed by atoms with Crippen LogP contribution in [0.1, 0.15) is 37.7 Å². The first-order valence-corrected chi connectivity index (χ1v) is 11.6. The Morgan fingerprint density at radius 2 is 1.71 bits per heavy atom. The van der Waals surface area contributed by atoms with Crippen LogP contribution < -0.4 is 0 Å². The number of halogens is 4. The summed E-state index contributed by atoms with van der Waals surface area (Å²) >= 11 is 5.57. The summed E-state index contributed by atoms with van der Waals surface area (Å²) in [5, 5.41) is 8.77. The normalized spacial score (nSPS) is 21.8. The molecular weight excluding hydrogens is 461 g/mol. The van der Waals surface area contributed by atoms with Crippen LogP contribution >= 0.6 is 11.6 Å². The first-order chi connectivity index (χ1) is 14.4. The zero-order chi connectivity index (χ0) is 23.0. The Kier molecular flexibility index (Phi) is 6.87. The molecule has 0 saturated carbocycles. The summed E-state index contributed by atoms with van der Waals surface area (Å²) in [6.45, 7) is 0.252. The average Bonchev–Trinajstić information content (AvgIpc) is 2.72. The van der Waals surface area contributed by atoms with Gasteiger partial charge in [-0.1, -0.05) is 11.6 Å². The van der Waals surface area contributed by atoms with Crippen LogP contribution in [0.15, 0.2) is 23.1 Å². The molecule has 1 aromatic carbocycles. The van der Waals surface area contributed by atoms with E-state index in [4.69, 9.17) is 11.6 Å². The molecule has 0 aromatic heterocycles. The molecule has 3 rings (SSSR count). The minimum atomic E-state index is -4.79. The van der Waals surface area contributed by atoms with Gasteiger partial charge in [-0.25, -0.2) is 13.2 Å². The molecule has 12 heteroatoms. The van der Waals surface area contributed by atoms with Crippen molar-refractivity contribution in [3.05, 3.63) is 28.8 Å². The van der Waals surface area contributed by atoms with Gasteiger partial charge >= 0.3 is 12.1 Å². The zero-order valence-electron chi connectivity index (χ0n) is 16.4. The maximum Gasteiger partial charge on any atom is 0.417 e. The number of alkyl halides is 3. The average molecular weight is 483 g/mol. The third-order valence-corrected chi connectivity index (χ3v) is 7.98. The molecule has 0 spiro atoms. The second kappa shape index (κ2) is 8.95. The summed E-state index contributed by atoms with van der Waals surface area (Å²) in [6, 6.07) is 1.56. The van der Waals surface area contributed by atoms with Crippen molar-refractivity contribution in [1.82, 2.24) is 9.21 Å². The molecule has 0 aliphatic carbocycles. The number of hydrogen-bond donors (Lipinski definition) is 1. The first kappa shape index (κ1) is 23.8. The SMILES string of the molecule is O=C(O)C1CCCCN1C(=O)C1CCN(S(=O)(=O)c2ccc(Cl)c(C(F)(F)F)c2)CC1. The number of sulfonamides is 1. The Balaban J connectivity index is 1.71. The van der Waals surface area contributed by atoms with Gasteiger partial charge in [-0.15, -0.1) is 0 Å². The zero-order valence-corrected chi connectivity index (χ0v) is 18.0. The minimum absolute atomic E-state index is 0.0473. The second-order valence-electron chi connectivity index (χ2n) is 7.70. The lowest BCUT2D eigenvalue weighted by atomic mass is 9.93. The molecular formula is C19H22ClF3N2O5S. The third-order valence-electron chi connectivity index (χ3n) is 5.76. The van der Waals surface area contributed by atoms with E-state index in [1.165, 1.54) is 4.90 Å². The number of carboxylic acids is 1. The standard InChI is InChI=1S/C19H22ClF3N2O5S/c20-15-5-4-13(11-14(15)19(21,22)23)31(29,30)24-9-6-12(7-10-24)17(26)25-8-2-1-3-16(25)18(27)28/h4-5,11-12,16H,1-3,6-10H2,(H,27,28). The summed E-state index contributed by atoms with van der Waals surface area (Å²) in [5.41, 5.74) is -1.23. The molecule has 0 radical (unpaired) electrons. The largest absolute Gasteiger partial charge is 0.480 e. The van der Waals surface area contributed by atoms with Crippen molar-refractivity contribution < 1.29 is 36.3 Å². The van der Waals surface area contributed by atoms with Gasteiger partial charge in [-0.2, -0.15) is 17.5 Å². The molecule has 2 aliphatic heterocycles. The number of carboxylic acid groups (broad SMARTS) is 1. The molecule has 2 heterocycles. The van der Waals surface area contributed by atoms with Crippen molar-refractivity contribution in [2.75, 3.05) is 19.6 Å². The highest BCUT2D eigenvalue weighted by Gasteiger charge is 2.39. The highest BCUT2D eigenvalue weighted by atomic mass is 35.5. The lowest BCUT2D eigenvalue weighted by Crippen LogP contribution is -2.52. The minimum Gasteiger partial charge on any atom is -0.480 e. The molecule has 0 bridgehead atoms. The van der Waals surface area contributed by atoms with Gasteiger partial charge in [0.05, 0.1) is 15.5 Å². The molecule has 7 nitrogen and oxygen atoms in total. The third kappa shape index (κ3) is 4.98. The lowest BCUT2D eigenvalue weighted by molar-refractivity contribution is -0.154. The van der Waals surface area contributed by atoms with Gasteiger partial charge in [0.25, 0.3) is 0 Å². The maximum atomic E-state index is 13.1. The van der Waals surface area contributed by atoms with Gasteiger partial charge in [0.1, 0.15) is 6.04 Å². The van der Waals surface area contributed by atoms with Crippen LogP contribution in [-0.4, -0.2) is 60.3 Å². The number of piperidine rings is 2. The number of rotatable bonds is 4. The van der Waals surface area contributed by atoms with E-state index in [0.717, 1.165) is 22.9 Å². The number of aliphatic carboxylic acids is 1. The molecule has 1 aromatic rings. The van der Waals surface area contributed by atoms with Gasteiger partial charge in [-0.05, 0) is 50.3 Å². The van der Waals surface area contributed by atoms with E-state index in [9.17, 15) is 36.3 Å². The summed E-state index contributed by atoms with van der Waals surface area (Å²) in [4.78, 5) is 25.1. The highest BCUT2D eigenvalue weighted by Crippen LogP contribution is 2.37. The Morgan fingerprint density at radius 3 is 2.29 bits per heavy atom. The molecule has 2 fully saturated rings. The maximum absolute atomic E-state index is 13.1. The van der Waals surface area contributed by atoms with Crippen LogP contribution in [0.25, 0.3) is 0 Å². The second-order valence-corrected chi connectivity index (χ2v) is 10.0. The van der Waals surface area contributed by atoms with E-state index in [0.29, 0.717) is 25.5 Å². The van der Waals surface area contributed by atoms with Gasteiger partial charge < -0.3 is 10.0 Å². The van der Waals surface area contributed by atoms with Crippen LogP contribution in [0.3, 0.4) is 0 Å². The molecule has 2 aliphatic rings. The lowest BCUT2D eigenvalue weighted by Gasteiger charge is -2.38. The number of likely N-dealkylation sites (tertiary alicyclic amines) is 1. The number of carbonyl (C=O) groups is 2. The number of hydrogen-bond acceptors (Lipinski definition) is 4. The van der Waals surface area contributed by atoms with Crippen molar-refractivity contribution in [2.45, 2.75) is 49.2 Å². The summed E-state index contributed by atoms with van der Waals surface area (Å²) in [7, 11) is -4.20. The van der Waals surface area contributed by atoms with E-state index >= 15 is 0 Å². The monoisotopic (exact) mass is 482 g/mol. The van der Waals surface area contributed by atoms with E-state index in [1.807, 2.05) is 0 Å². The Morgan fingerprint density at radius 1 is 1.06 bits per heavy atom.